The Balaban J connectivity index is 1.64. The van der Waals surface area contributed by atoms with E-state index >= 15 is 0 Å². The number of benzene rings is 3. The number of para-hydroxylation sites is 1. The molecule has 0 aromatic heterocycles. The van der Waals surface area contributed by atoms with Gasteiger partial charge >= 0.3 is 0 Å². The number of phenols is 1. The predicted octanol–water partition coefficient (Wildman–Crippen LogP) is 4.44. The molecule has 0 aliphatic heterocycles. The second kappa shape index (κ2) is 8.67. The van der Waals surface area contributed by atoms with E-state index in [1.807, 2.05) is 42.5 Å². The van der Waals surface area contributed by atoms with Crippen LogP contribution in [0.5, 0.6) is 5.75 Å². The van der Waals surface area contributed by atoms with Crippen LogP contribution in [0.1, 0.15) is 23.7 Å². The van der Waals surface area contributed by atoms with Gasteiger partial charge in [-0.3, -0.25) is 9.59 Å². The van der Waals surface area contributed by atoms with Gasteiger partial charge in [0.05, 0.1) is 17.7 Å². The first-order chi connectivity index (χ1) is 13.4. The number of hydrazone groups is 1. The molecule has 0 heterocycles. The third-order valence-electron chi connectivity index (χ3n) is 4.02. The van der Waals surface area contributed by atoms with Crippen molar-refractivity contribution in [1.82, 2.24) is 5.43 Å². The molecule has 0 saturated heterocycles. The molecule has 0 bridgehead atoms. The lowest BCUT2D eigenvalue weighted by atomic mass is 10.1. The highest BCUT2D eigenvalue weighted by Gasteiger charge is 2.13. The first-order valence-corrected chi connectivity index (χ1v) is 9.33. The second-order valence-electron chi connectivity index (χ2n) is 6.21. The molecule has 0 fully saturated rings. The van der Waals surface area contributed by atoms with Gasteiger partial charge in [0.2, 0.25) is 5.91 Å². The highest BCUT2D eigenvalue weighted by atomic mass is 79.9. The van der Waals surface area contributed by atoms with Crippen molar-refractivity contribution in [2.24, 2.45) is 5.10 Å². The minimum absolute atomic E-state index is 0.0192. The Bertz CT molecular complexity index is 1080. The first-order valence-electron chi connectivity index (χ1n) is 8.53. The zero-order valence-electron chi connectivity index (χ0n) is 15.1. The molecule has 0 spiro atoms. The van der Waals surface area contributed by atoms with Gasteiger partial charge in [-0.25, -0.2) is 5.43 Å². The molecule has 142 valence electrons. The van der Waals surface area contributed by atoms with Gasteiger partial charge < -0.3 is 10.4 Å². The highest BCUT2D eigenvalue weighted by molar-refractivity contribution is 9.10. The van der Waals surface area contributed by atoms with Crippen LogP contribution in [0.4, 0.5) is 5.69 Å². The van der Waals surface area contributed by atoms with Crippen LogP contribution in [0.25, 0.3) is 10.8 Å². The SMILES string of the molecule is C/C(CC(=O)Nc1ccccc1Br)=N/NC(=O)c1cc2ccccc2cc1O. The molecule has 6 nitrogen and oxygen atoms in total. The Hall–Kier alpha value is -3.19. The van der Waals surface area contributed by atoms with E-state index in [0.717, 1.165) is 15.2 Å². The molecule has 7 heteroatoms. The predicted molar refractivity (Wildman–Crippen MR) is 114 cm³/mol. The fraction of sp³-hybridized carbons (Fsp3) is 0.0952. The van der Waals surface area contributed by atoms with Gasteiger partial charge in [0.1, 0.15) is 5.75 Å². The van der Waals surface area contributed by atoms with Crippen molar-refractivity contribution in [3.05, 3.63) is 70.7 Å². The largest absolute Gasteiger partial charge is 0.507 e. The summed E-state index contributed by atoms with van der Waals surface area (Å²) in [6.45, 7) is 1.64. The Morgan fingerprint density at radius 3 is 2.39 bits per heavy atom. The van der Waals surface area contributed by atoms with Crippen molar-refractivity contribution in [2.45, 2.75) is 13.3 Å². The maximum atomic E-state index is 12.4. The van der Waals surface area contributed by atoms with Crippen molar-refractivity contribution in [2.75, 3.05) is 5.32 Å². The van der Waals surface area contributed by atoms with Crippen LogP contribution in [0, 0.1) is 0 Å². The van der Waals surface area contributed by atoms with Gasteiger partial charge in [0, 0.05) is 10.2 Å². The van der Waals surface area contributed by atoms with Gasteiger partial charge in [0.25, 0.3) is 5.91 Å². The first kappa shape index (κ1) is 19.6. The molecule has 3 aromatic carbocycles. The third kappa shape index (κ3) is 4.75. The number of nitrogens with one attached hydrogen (secondary N) is 2. The molecule has 0 saturated carbocycles. The number of hydrogen-bond acceptors (Lipinski definition) is 4. The number of phenolic OH excluding ortho intramolecular Hbond substituents is 1. The smallest absolute Gasteiger partial charge is 0.275 e. The molecule has 0 unspecified atom stereocenters. The molecular formula is C21H18BrN3O3. The van der Waals surface area contributed by atoms with E-state index in [1.54, 1.807) is 19.1 Å². The van der Waals surface area contributed by atoms with Crippen LogP contribution in [-0.4, -0.2) is 22.6 Å². The fourth-order valence-electron chi connectivity index (χ4n) is 2.65. The van der Waals surface area contributed by atoms with Crippen LogP contribution in [0.3, 0.4) is 0 Å². The van der Waals surface area contributed by atoms with Gasteiger partial charge in [-0.2, -0.15) is 5.10 Å². The molecule has 3 rings (SSSR count). The maximum Gasteiger partial charge on any atom is 0.275 e. The number of halogens is 1. The van der Waals surface area contributed by atoms with Crippen molar-refractivity contribution in [3.63, 3.8) is 0 Å². The van der Waals surface area contributed by atoms with E-state index in [2.05, 4.69) is 31.8 Å². The molecule has 0 radical (unpaired) electrons. The highest BCUT2D eigenvalue weighted by Crippen LogP contribution is 2.25. The van der Waals surface area contributed by atoms with E-state index in [0.29, 0.717) is 11.4 Å². The summed E-state index contributed by atoms with van der Waals surface area (Å²) in [5.74, 6) is -0.930. The quantitative estimate of drug-likeness (QED) is 0.405. The Morgan fingerprint density at radius 2 is 1.68 bits per heavy atom. The number of nitrogens with zero attached hydrogens (tertiary/aromatic N) is 1. The van der Waals surface area contributed by atoms with Gasteiger partial charge in [-0.15, -0.1) is 0 Å². The molecule has 0 atom stereocenters. The molecule has 3 N–H and O–H groups in total. The minimum Gasteiger partial charge on any atom is -0.507 e. The van der Waals surface area contributed by atoms with Crippen molar-refractivity contribution in [3.8, 4) is 5.75 Å². The standard InChI is InChI=1S/C21H18BrN3O3/c1-13(10-20(27)23-18-9-5-4-8-17(18)22)24-25-21(28)16-11-14-6-2-3-7-15(14)12-19(16)26/h2-9,11-12,26H,10H2,1H3,(H,23,27)(H,25,28)/b24-13-. The zero-order valence-corrected chi connectivity index (χ0v) is 16.7. The normalized spacial score (nSPS) is 11.3. The molecule has 2 amide bonds. The summed E-state index contributed by atoms with van der Waals surface area (Å²) >= 11 is 3.36. The average Bonchev–Trinajstić information content (AvgIpc) is 2.67. The summed E-state index contributed by atoms with van der Waals surface area (Å²) in [4.78, 5) is 24.5. The van der Waals surface area contributed by atoms with Crippen LogP contribution < -0.4 is 10.7 Å². The van der Waals surface area contributed by atoms with E-state index in [4.69, 9.17) is 0 Å². The monoisotopic (exact) mass is 439 g/mol. The van der Waals surface area contributed by atoms with E-state index in [-0.39, 0.29) is 23.6 Å². The molecule has 0 aliphatic carbocycles. The van der Waals surface area contributed by atoms with Crippen LogP contribution in [0.15, 0.2) is 70.2 Å². The third-order valence-corrected chi connectivity index (χ3v) is 4.71. The Labute approximate surface area is 170 Å². The summed E-state index contributed by atoms with van der Waals surface area (Å²) in [7, 11) is 0. The summed E-state index contributed by atoms with van der Waals surface area (Å²) in [5, 5.41) is 18.5. The number of aromatic hydroxyl groups is 1. The average molecular weight is 440 g/mol. The topological polar surface area (TPSA) is 90.8 Å². The molecule has 28 heavy (non-hydrogen) atoms. The lowest BCUT2D eigenvalue weighted by molar-refractivity contribution is -0.115. The number of carbonyl (C=O) groups is 2. The summed E-state index contributed by atoms with van der Waals surface area (Å²) in [5.41, 5.74) is 3.59. The lowest BCUT2D eigenvalue weighted by Gasteiger charge is -2.08. The van der Waals surface area contributed by atoms with Gasteiger partial charge in [-0.1, -0.05) is 36.4 Å². The fourth-order valence-corrected chi connectivity index (χ4v) is 3.03. The van der Waals surface area contributed by atoms with E-state index in [1.165, 1.54) is 6.07 Å². The number of hydrogen-bond donors (Lipinski definition) is 3. The van der Waals surface area contributed by atoms with Crippen LogP contribution in [-0.2, 0) is 4.79 Å². The number of rotatable bonds is 5. The minimum atomic E-state index is -0.547. The Kier molecular flexibility index (Phi) is 6.06. The van der Waals surface area contributed by atoms with Crippen molar-refractivity contribution in [1.29, 1.82) is 0 Å². The molecular weight excluding hydrogens is 422 g/mol. The van der Waals surface area contributed by atoms with Gasteiger partial charge in [0.15, 0.2) is 0 Å². The van der Waals surface area contributed by atoms with Crippen molar-refractivity contribution < 1.29 is 14.7 Å². The maximum absolute atomic E-state index is 12.4. The number of anilines is 1. The number of fused-ring (bicyclic) bond motifs is 1. The second-order valence-corrected chi connectivity index (χ2v) is 7.06. The van der Waals surface area contributed by atoms with Gasteiger partial charge in [-0.05, 0) is 57.9 Å². The number of amides is 2. The molecule has 3 aromatic rings. The Morgan fingerprint density at radius 1 is 1.04 bits per heavy atom. The summed E-state index contributed by atoms with van der Waals surface area (Å²) in [6, 6.07) is 17.8. The molecule has 0 aliphatic rings. The summed E-state index contributed by atoms with van der Waals surface area (Å²) < 4.78 is 0.776. The van der Waals surface area contributed by atoms with E-state index < -0.39 is 5.91 Å². The van der Waals surface area contributed by atoms with Crippen LogP contribution >= 0.6 is 15.9 Å². The lowest BCUT2D eigenvalue weighted by Crippen LogP contribution is -2.21. The summed E-state index contributed by atoms with van der Waals surface area (Å²) in [6.07, 6.45) is 0.0192. The van der Waals surface area contributed by atoms with E-state index in [9.17, 15) is 14.7 Å². The van der Waals surface area contributed by atoms with Crippen molar-refractivity contribution >= 4 is 49.9 Å². The zero-order chi connectivity index (χ0) is 20.1. The van der Waals surface area contributed by atoms with Crippen LogP contribution in [0.2, 0.25) is 0 Å². The number of carbonyl (C=O) groups excluding carboxylic acids is 2.